The second-order valence-corrected chi connectivity index (χ2v) is 6.53. The van der Waals surface area contributed by atoms with Gasteiger partial charge in [0.2, 0.25) is 0 Å². The fraction of sp³-hybridized carbons (Fsp3) is 0.474. The summed E-state index contributed by atoms with van der Waals surface area (Å²) in [4.78, 5) is 42.5. The zero-order valence-electron chi connectivity index (χ0n) is 15.8. The average Bonchev–Trinajstić information content (AvgIpc) is 3.37. The van der Waals surface area contributed by atoms with Crippen molar-refractivity contribution in [2.24, 2.45) is 0 Å². The predicted molar refractivity (Wildman–Crippen MR) is 99.2 cm³/mol. The van der Waals surface area contributed by atoms with Gasteiger partial charge in [-0.15, -0.1) is 0 Å². The standard InChI is InChI=1S/C19H23N3O5/c1-5-26-18(24)14-15(19(25)27-6-2)21(14)22-16(11(3)4)20-13-10-8-7-9-12(13)17(22)23/h7-11,14-15H,5-6H2,1-4H3/t14-,15-/m1/s1. The molecule has 1 aromatic carbocycles. The topological polar surface area (TPSA) is 90.5 Å². The summed E-state index contributed by atoms with van der Waals surface area (Å²) in [6.07, 6.45) is 0. The van der Waals surface area contributed by atoms with Crippen molar-refractivity contribution in [1.29, 1.82) is 0 Å². The van der Waals surface area contributed by atoms with Crippen LogP contribution >= 0.6 is 0 Å². The number of carbonyl (C=O) groups excluding carboxylic acids is 2. The first-order valence-electron chi connectivity index (χ1n) is 9.05. The van der Waals surface area contributed by atoms with Gasteiger partial charge in [0.15, 0.2) is 12.1 Å². The van der Waals surface area contributed by atoms with Crippen LogP contribution in [-0.4, -0.2) is 46.9 Å². The maximum absolute atomic E-state index is 13.2. The number of esters is 2. The third kappa shape index (κ3) is 3.27. The van der Waals surface area contributed by atoms with E-state index < -0.39 is 24.0 Å². The van der Waals surface area contributed by atoms with Crippen molar-refractivity contribution in [1.82, 2.24) is 9.66 Å². The van der Waals surface area contributed by atoms with E-state index in [1.807, 2.05) is 19.9 Å². The molecule has 0 N–H and O–H groups in total. The molecule has 8 nitrogen and oxygen atoms in total. The Morgan fingerprint density at radius 3 is 2.15 bits per heavy atom. The largest absolute Gasteiger partial charge is 0.464 e. The molecule has 8 heteroatoms. The number of rotatable bonds is 6. The first kappa shape index (κ1) is 18.9. The smallest absolute Gasteiger partial charge is 0.333 e. The Bertz CT molecular complexity index is 913. The molecular formula is C19H23N3O5. The Kier molecular flexibility index (Phi) is 5.16. The highest BCUT2D eigenvalue weighted by atomic mass is 16.5. The minimum absolute atomic E-state index is 0.103. The number of hydrogen-bond acceptors (Lipinski definition) is 7. The summed E-state index contributed by atoms with van der Waals surface area (Å²) in [5, 5.41) is 1.83. The summed E-state index contributed by atoms with van der Waals surface area (Å²) in [6, 6.07) is 5.19. The molecule has 0 saturated carbocycles. The molecule has 1 aliphatic rings. The Labute approximate surface area is 156 Å². The van der Waals surface area contributed by atoms with Gasteiger partial charge in [0.05, 0.1) is 24.1 Å². The quantitative estimate of drug-likeness (QED) is 0.557. The summed E-state index contributed by atoms with van der Waals surface area (Å²) >= 11 is 0. The van der Waals surface area contributed by atoms with Crippen LogP contribution in [0.15, 0.2) is 29.1 Å². The molecule has 2 atom stereocenters. The van der Waals surface area contributed by atoms with Crippen molar-refractivity contribution in [3.63, 3.8) is 0 Å². The highest BCUT2D eigenvalue weighted by Crippen LogP contribution is 2.30. The van der Waals surface area contributed by atoms with Crippen LogP contribution in [0.1, 0.15) is 39.4 Å². The van der Waals surface area contributed by atoms with Crippen LogP contribution in [0.25, 0.3) is 10.9 Å². The van der Waals surface area contributed by atoms with E-state index in [4.69, 9.17) is 9.47 Å². The second kappa shape index (κ2) is 7.38. The summed E-state index contributed by atoms with van der Waals surface area (Å²) < 4.78 is 11.5. The first-order valence-corrected chi connectivity index (χ1v) is 9.05. The Hall–Kier alpha value is -2.90. The van der Waals surface area contributed by atoms with Crippen LogP contribution in [-0.2, 0) is 19.1 Å². The molecule has 3 rings (SSSR count). The maximum Gasteiger partial charge on any atom is 0.333 e. The van der Waals surface area contributed by atoms with Gasteiger partial charge < -0.3 is 9.47 Å². The van der Waals surface area contributed by atoms with Crippen LogP contribution in [0.5, 0.6) is 0 Å². The first-order chi connectivity index (χ1) is 12.9. The van der Waals surface area contributed by atoms with Crippen molar-refractivity contribution >= 4 is 22.8 Å². The SMILES string of the molecule is CCOC(=O)[C@H]1[C@H](C(=O)OCC)N1n1c(C(C)C)nc2ccccc2c1=O. The molecule has 2 heterocycles. The van der Waals surface area contributed by atoms with Gasteiger partial charge in [0.1, 0.15) is 5.82 Å². The van der Waals surface area contributed by atoms with Crippen molar-refractivity contribution in [2.45, 2.75) is 45.7 Å². The summed E-state index contributed by atoms with van der Waals surface area (Å²) in [7, 11) is 0. The van der Waals surface area contributed by atoms with E-state index in [2.05, 4.69) is 4.98 Å². The van der Waals surface area contributed by atoms with Gasteiger partial charge in [0, 0.05) is 5.92 Å². The van der Waals surface area contributed by atoms with Gasteiger partial charge >= 0.3 is 11.9 Å². The molecule has 1 saturated heterocycles. The summed E-state index contributed by atoms with van der Waals surface area (Å²) in [5.74, 6) is -0.760. The number of carbonyl (C=O) groups is 2. The lowest BCUT2D eigenvalue weighted by Crippen LogP contribution is -2.37. The van der Waals surface area contributed by atoms with Crippen LogP contribution < -0.4 is 10.6 Å². The fourth-order valence-electron chi connectivity index (χ4n) is 3.14. The highest BCUT2D eigenvalue weighted by Gasteiger charge is 2.61. The van der Waals surface area contributed by atoms with E-state index in [1.165, 1.54) is 9.69 Å². The van der Waals surface area contributed by atoms with Crippen molar-refractivity contribution in [2.75, 3.05) is 18.2 Å². The minimum atomic E-state index is -0.901. The lowest BCUT2D eigenvalue weighted by atomic mass is 10.2. The average molecular weight is 373 g/mol. The number of nitrogens with zero attached hydrogens (tertiary/aromatic N) is 3. The molecule has 2 aromatic rings. The molecule has 1 aliphatic heterocycles. The molecule has 1 aromatic heterocycles. The third-order valence-electron chi connectivity index (χ3n) is 4.36. The Morgan fingerprint density at radius 2 is 1.63 bits per heavy atom. The zero-order chi connectivity index (χ0) is 19.7. The second-order valence-electron chi connectivity index (χ2n) is 6.53. The van der Waals surface area contributed by atoms with Crippen molar-refractivity contribution < 1.29 is 19.1 Å². The molecule has 0 radical (unpaired) electrons. The van der Waals surface area contributed by atoms with Crippen LogP contribution in [0.3, 0.4) is 0 Å². The molecular weight excluding hydrogens is 350 g/mol. The number of aromatic nitrogens is 2. The van der Waals surface area contributed by atoms with Crippen molar-refractivity contribution in [3.8, 4) is 0 Å². The lowest BCUT2D eigenvalue weighted by Gasteiger charge is -2.18. The van der Waals surface area contributed by atoms with E-state index in [1.54, 1.807) is 32.0 Å². The van der Waals surface area contributed by atoms with Crippen LogP contribution in [0, 0.1) is 0 Å². The van der Waals surface area contributed by atoms with E-state index in [9.17, 15) is 14.4 Å². The molecule has 0 amide bonds. The van der Waals surface area contributed by atoms with E-state index in [0.717, 1.165) is 0 Å². The maximum atomic E-state index is 13.2. The number of benzene rings is 1. The molecule has 0 spiro atoms. The van der Waals surface area contributed by atoms with Gasteiger partial charge in [0.25, 0.3) is 5.56 Å². The van der Waals surface area contributed by atoms with Crippen LogP contribution in [0.2, 0.25) is 0 Å². The van der Waals surface area contributed by atoms with Gasteiger partial charge in [-0.3, -0.25) is 9.80 Å². The number of ether oxygens (including phenoxy) is 2. The molecule has 27 heavy (non-hydrogen) atoms. The molecule has 0 bridgehead atoms. The Morgan fingerprint density at radius 1 is 1.07 bits per heavy atom. The summed E-state index contributed by atoms with van der Waals surface area (Å²) in [6.45, 7) is 7.53. The monoisotopic (exact) mass is 373 g/mol. The zero-order valence-corrected chi connectivity index (χ0v) is 15.8. The Balaban J connectivity index is 2.15. The number of fused-ring (bicyclic) bond motifs is 1. The van der Waals surface area contributed by atoms with Gasteiger partial charge in [-0.1, -0.05) is 26.0 Å². The van der Waals surface area contributed by atoms with E-state index >= 15 is 0 Å². The van der Waals surface area contributed by atoms with E-state index in [0.29, 0.717) is 16.7 Å². The summed E-state index contributed by atoms with van der Waals surface area (Å²) in [5.41, 5.74) is 0.245. The third-order valence-corrected chi connectivity index (χ3v) is 4.36. The van der Waals surface area contributed by atoms with Crippen LogP contribution in [0.4, 0.5) is 0 Å². The number of para-hydroxylation sites is 1. The fourth-order valence-corrected chi connectivity index (χ4v) is 3.14. The number of hydrogen-bond donors (Lipinski definition) is 0. The lowest BCUT2D eigenvalue weighted by molar-refractivity contribution is -0.147. The predicted octanol–water partition coefficient (Wildman–Crippen LogP) is 1.33. The molecule has 144 valence electrons. The van der Waals surface area contributed by atoms with Gasteiger partial charge in [-0.05, 0) is 26.0 Å². The minimum Gasteiger partial charge on any atom is -0.464 e. The van der Waals surface area contributed by atoms with Crippen molar-refractivity contribution in [3.05, 3.63) is 40.4 Å². The molecule has 0 unspecified atom stereocenters. The molecule has 0 aliphatic carbocycles. The van der Waals surface area contributed by atoms with Gasteiger partial charge in [-0.2, -0.15) is 0 Å². The molecule has 1 fully saturated rings. The highest BCUT2D eigenvalue weighted by molar-refractivity contribution is 5.97. The van der Waals surface area contributed by atoms with E-state index in [-0.39, 0.29) is 24.7 Å². The normalized spacial score (nSPS) is 18.6. The van der Waals surface area contributed by atoms with Gasteiger partial charge in [-0.25, -0.2) is 19.2 Å².